The van der Waals surface area contributed by atoms with Crippen LogP contribution in [0.4, 0.5) is 28.8 Å². The molecule has 2 saturated heterocycles. The molecule has 0 bridgehead atoms. The molecule has 2 aromatic heterocycles. The zero-order valence-electron chi connectivity index (χ0n) is 29.9. The first-order valence-corrected chi connectivity index (χ1v) is 20.6. The second kappa shape index (κ2) is 15.8. The number of benzene rings is 2. The minimum Gasteiger partial charge on any atom is -0.494 e. The molecular formula is C36H49BrN9O3P. The van der Waals surface area contributed by atoms with Crippen molar-refractivity contribution < 1.29 is 14.0 Å². The van der Waals surface area contributed by atoms with Gasteiger partial charge in [0.2, 0.25) is 5.95 Å². The predicted octanol–water partition coefficient (Wildman–Crippen LogP) is 6.09. The lowest BCUT2D eigenvalue weighted by molar-refractivity contribution is 0.0982. The molecule has 4 aromatic rings. The van der Waals surface area contributed by atoms with E-state index in [1.54, 1.807) is 44.6 Å². The number of rotatable bonds is 12. The van der Waals surface area contributed by atoms with E-state index < -0.39 is 7.14 Å². The average molecular weight is 767 g/mol. The Bertz CT molecular complexity index is 1830. The maximum atomic E-state index is 13.5. The highest BCUT2D eigenvalue weighted by Crippen LogP contribution is 2.40. The number of hydrogen-bond acceptors (Lipinski definition) is 11. The van der Waals surface area contributed by atoms with Gasteiger partial charge in [-0.15, -0.1) is 0 Å². The van der Waals surface area contributed by atoms with Crippen LogP contribution in [0.5, 0.6) is 5.75 Å². The van der Waals surface area contributed by atoms with Crippen LogP contribution in [0.25, 0.3) is 5.69 Å². The summed E-state index contributed by atoms with van der Waals surface area (Å²) < 4.78 is 27.1. The summed E-state index contributed by atoms with van der Waals surface area (Å²) in [5, 5.41) is 12.0. The second-order valence-electron chi connectivity index (χ2n) is 13.5. The lowest BCUT2D eigenvalue weighted by Crippen LogP contribution is -2.52. The molecule has 0 radical (unpaired) electrons. The van der Waals surface area contributed by atoms with Gasteiger partial charge in [0.05, 0.1) is 41.4 Å². The number of nitrogens with one attached hydrogen (secondary N) is 2. The predicted molar refractivity (Wildman–Crippen MR) is 206 cm³/mol. The monoisotopic (exact) mass is 765 g/mol. The Morgan fingerprint density at radius 2 is 1.74 bits per heavy atom. The molecule has 4 heterocycles. The van der Waals surface area contributed by atoms with Crippen LogP contribution in [0.3, 0.4) is 0 Å². The molecule has 0 unspecified atom stereocenters. The average Bonchev–Trinajstić information content (AvgIpc) is 3.58. The molecule has 2 aliphatic heterocycles. The molecule has 0 spiro atoms. The van der Waals surface area contributed by atoms with Gasteiger partial charge in [-0.3, -0.25) is 4.90 Å². The lowest BCUT2D eigenvalue weighted by Gasteiger charge is -2.43. The van der Waals surface area contributed by atoms with E-state index in [9.17, 15) is 4.57 Å². The number of nitrogens with zero attached hydrogens (tertiary/aromatic N) is 7. The van der Waals surface area contributed by atoms with Crippen LogP contribution in [0, 0.1) is 0 Å². The Morgan fingerprint density at radius 3 is 2.42 bits per heavy atom. The van der Waals surface area contributed by atoms with Crippen LogP contribution in [-0.2, 0) is 22.3 Å². The number of anilines is 5. The first-order valence-electron chi connectivity index (χ1n) is 17.2. The van der Waals surface area contributed by atoms with Gasteiger partial charge in [0, 0.05) is 87.4 Å². The first kappa shape index (κ1) is 36.3. The van der Waals surface area contributed by atoms with Crippen LogP contribution < -0.4 is 25.6 Å². The van der Waals surface area contributed by atoms with Crippen molar-refractivity contribution in [1.29, 1.82) is 0 Å². The number of likely N-dealkylation sites (N-methyl/N-ethyl adjacent to an activating group) is 1. The van der Waals surface area contributed by atoms with E-state index in [-0.39, 0.29) is 0 Å². The van der Waals surface area contributed by atoms with Crippen molar-refractivity contribution in [2.75, 3.05) is 89.4 Å². The van der Waals surface area contributed by atoms with Gasteiger partial charge >= 0.3 is 0 Å². The fourth-order valence-electron chi connectivity index (χ4n) is 6.84. The third-order valence-electron chi connectivity index (χ3n) is 9.66. The molecule has 2 aliphatic rings. The van der Waals surface area contributed by atoms with Gasteiger partial charge in [0.15, 0.2) is 0 Å². The van der Waals surface area contributed by atoms with E-state index >= 15 is 0 Å². The van der Waals surface area contributed by atoms with Gasteiger partial charge < -0.3 is 34.5 Å². The third kappa shape index (κ3) is 8.35. The van der Waals surface area contributed by atoms with E-state index in [1.807, 2.05) is 24.4 Å². The number of piperazine rings is 1. The van der Waals surface area contributed by atoms with Crippen molar-refractivity contribution in [3.63, 3.8) is 0 Å². The van der Waals surface area contributed by atoms with Gasteiger partial charge in [0.25, 0.3) is 0 Å². The van der Waals surface area contributed by atoms with Crippen molar-refractivity contribution in [3.8, 4) is 11.4 Å². The number of aromatic nitrogens is 4. The van der Waals surface area contributed by atoms with Crippen molar-refractivity contribution in [2.45, 2.75) is 38.8 Å². The number of piperidine rings is 1. The maximum absolute atomic E-state index is 13.5. The summed E-state index contributed by atoms with van der Waals surface area (Å²) in [7, 11) is 2.86. The van der Waals surface area contributed by atoms with Gasteiger partial charge in [-0.25, -0.2) is 9.67 Å². The quantitative estimate of drug-likeness (QED) is 0.163. The van der Waals surface area contributed by atoms with Crippen LogP contribution in [0.15, 0.2) is 53.4 Å². The van der Waals surface area contributed by atoms with Gasteiger partial charge in [-0.2, -0.15) is 10.1 Å². The topological polar surface area (TPSA) is 113 Å². The molecule has 6 rings (SSSR count). The molecule has 268 valence electrons. The summed E-state index contributed by atoms with van der Waals surface area (Å²) >= 11 is 3.61. The van der Waals surface area contributed by atoms with E-state index in [0.717, 1.165) is 55.3 Å². The standard InChI is InChI=1S/C36H49BrN9O3P/c1-7-26-18-31(33(49-4)20-32(26)45-12-10-27(11-13-45)44-16-14-43(2)15-17-44)41-36-38-22-29(37)35(42-36)40-30-9-8-28(19-34(30)50(5,6)47)46-23-25(21-39-46)24-48-3/h8-9,18-23,27H,7,10-17,24H2,1-6H3,(H2,38,40,41,42). The van der Waals surface area contributed by atoms with Crippen LogP contribution in [0.2, 0.25) is 0 Å². The Labute approximate surface area is 304 Å². The number of halogens is 1. The van der Waals surface area contributed by atoms with E-state index in [2.05, 4.69) is 77.5 Å². The normalized spacial score (nSPS) is 16.5. The van der Waals surface area contributed by atoms with E-state index in [1.165, 1.54) is 37.2 Å². The minimum atomic E-state index is -2.70. The molecule has 12 nitrogen and oxygen atoms in total. The van der Waals surface area contributed by atoms with Gasteiger partial charge in [-0.1, -0.05) is 6.92 Å². The van der Waals surface area contributed by atoms with Crippen molar-refractivity contribution in [2.24, 2.45) is 0 Å². The van der Waals surface area contributed by atoms with Crippen molar-refractivity contribution >= 4 is 57.2 Å². The molecule has 14 heteroatoms. The molecule has 0 amide bonds. The molecule has 0 saturated carbocycles. The second-order valence-corrected chi connectivity index (χ2v) is 17.5. The highest BCUT2D eigenvalue weighted by molar-refractivity contribution is 9.10. The highest BCUT2D eigenvalue weighted by atomic mass is 79.9. The van der Waals surface area contributed by atoms with E-state index in [0.29, 0.717) is 39.9 Å². The molecule has 2 N–H and O–H groups in total. The third-order valence-corrected chi connectivity index (χ3v) is 11.8. The largest absolute Gasteiger partial charge is 0.494 e. The van der Waals surface area contributed by atoms with Gasteiger partial charge in [-0.05, 0) is 85.4 Å². The molecule has 0 aliphatic carbocycles. The summed E-state index contributed by atoms with van der Waals surface area (Å²) in [6.07, 6.45) is 8.62. The number of hydrogen-bond donors (Lipinski definition) is 2. The highest BCUT2D eigenvalue weighted by Gasteiger charge is 2.28. The van der Waals surface area contributed by atoms with Gasteiger partial charge in [0.1, 0.15) is 18.7 Å². The summed E-state index contributed by atoms with van der Waals surface area (Å²) in [6.45, 7) is 12.9. The van der Waals surface area contributed by atoms with Crippen molar-refractivity contribution in [3.05, 3.63) is 64.5 Å². The number of methoxy groups -OCH3 is 2. The molecule has 2 aromatic carbocycles. The number of ether oxygens (including phenoxy) is 2. The van der Waals surface area contributed by atoms with E-state index in [4.69, 9.17) is 14.5 Å². The maximum Gasteiger partial charge on any atom is 0.229 e. The fraction of sp³-hybridized carbons (Fsp3) is 0.472. The summed E-state index contributed by atoms with van der Waals surface area (Å²) in [5.74, 6) is 1.69. The van der Waals surface area contributed by atoms with Crippen LogP contribution >= 0.6 is 23.1 Å². The lowest BCUT2D eigenvalue weighted by atomic mass is 9.99. The van der Waals surface area contributed by atoms with Crippen molar-refractivity contribution in [1.82, 2.24) is 29.5 Å². The Kier molecular flexibility index (Phi) is 11.5. The Morgan fingerprint density at radius 1 is 0.980 bits per heavy atom. The molecule has 2 fully saturated rings. The fourth-order valence-corrected chi connectivity index (χ4v) is 8.28. The Balaban J connectivity index is 1.20. The summed E-state index contributed by atoms with van der Waals surface area (Å²) in [4.78, 5) is 17.0. The molecular weight excluding hydrogens is 717 g/mol. The zero-order chi connectivity index (χ0) is 35.4. The van der Waals surface area contributed by atoms with Crippen LogP contribution in [0.1, 0.15) is 30.9 Å². The Hall–Kier alpha value is -3.48. The summed E-state index contributed by atoms with van der Waals surface area (Å²) in [5.41, 5.74) is 5.74. The molecule has 0 atom stereocenters. The minimum absolute atomic E-state index is 0.411. The first-order chi connectivity index (χ1) is 24.1. The van der Waals surface area contributed by atoms with Crippen LogP contribution in [-0.4, -0.2) is 109 Å². The summed E-state index contributed by atoms with van der Waals surface area (Å²) in [6, 6.07) is 10.7. The number of aryl methyl sites for hydroxylation is 1. The molecule has 50 heavy (non-hydrogen) atoms. The zero-order valence-corrected chi connectivity index (χ0v) is 32.4. The smallest absolute Gasteiger partial charge is 0.229 e. The SMILES string of the molecule is CCc1cc(Nc2ncc(Br)c(Nc3ccc(-n4cc(COC)cn4)cc3P(C)(C)=O)n2)c(OC)cc1N1CCC(N2CCN(C)CC2)CC1.